The van der Waals surface area contributed by atoms with Crippen molar-refractivity contribution in [1.82, 2.24) is 4.90 Å². The van der Waals surface area contributed by atoms with Gasteiger partial charge in [0, 0.05) is 19.6 Å². The molecule has 1 saturated heterocycles. The number of hydrogen-bond acceptors (Lipinski definition) is 6. The van der Waals surface area contributed by atoms with Crippen LogP contribution in [0.2, 0.25) is 0 Å². The molecule has 0 amide bonds. The fourth-order valence-electron chi connectivity index (χ4n) is 2.26. The highest BCUT2D eigenvalue weighted by Gasteiger charge is 2.16. The molecule has 0 bridgehead atoms. The molecular weight excluding hydrogens is 286 g/mol. The summed E-state index contributed by atoms with van der Waals surface area (Å²) in [7, 11) is 1.60. The fourth-order valence-corrected chi connectivity index (χ4v) is 2.26. The van der Waals surface area contributed by atoms with E-state index in [4.69, 9.17) is 18.9 Å². The molecule has 0 radical (unpaired) electrons. The molecular formula is C16H23NO5. The molecule has 1 aliphatic heterocycles. The van der Waals surface area contributed by atoms with Crippen molar-refractivity contribution in [3.8, 4) is 11.5 Å². The number of esters is 1. The maximum Gasteiger partial charge on any atom is 0.344 e. The molecule has 2 rings (SSSR count). The lowest BCUT2D eigenvalue weighted by atomic mass is 10.3. The highest BCUT2D eigenvalue weighted by atomic mass is 16.6. The van der Waals surface area contributed by atoms with E-state index in [9.17, 15) is 4.79 Å². The zero-order valence-electron chi connectivity index (χ0n) is 13.1. The number of rotatable bonds is 7. The van der Waals surface area contributed by atoms with Gasteiger partial charge in [-0.3, -0.25) is 4.90 Å². The normalized spacial score (nSPS) is 16.8. The first kappa shape index (κ1) is 16.6. The molecule has 1 aromatic carbocycles. The van der Waals surface area contributed by atoms with Crippen LogP contribution in [0, 0.1) is 0 Å². The summed E-state index contributed by atoms with van der Waals surface area (Å²) >= 11 is 0. The van der Waals surface area contributed by atoms with Gasteiger partial charge in [-0.25, -0.2) is 4.79 Å². The average Bonchev–Trinajstić information content (AvgIpc) is 2.54. The molecule has 0 saturated carbocycles. The van der Waals surface area contributed by atoms with E-state index in [1.165, 1.54) is 0 Å². The quantitative estimate of drug-likeness (QED) is 0.709. The number of nitrogens with zero attached hydrogens (tertiary/aromatic N) is 1. The molecule has 1 atom stereocenters. The van der Waals surface area contributed by atoms with Gasteiger partial charge in [0.2, 0.25) is 0 Å². The minimum atomic E-state index is -0.364. The summed E-state index contributed by atoms with van der Waals surface area (Å²) in [6, 6.07) is 7.07. The third-order valence-electron chi connectivity index (χ3n) is 3.37. The van der Waals surface area contributed by atoms with Crippen LogP contribution in [-0.2, 0) is 14.3 Å². The Kier molecular flexibility index (Phi) is 6.48. The van der Waals surface area contributed by atoms with Gasteiger partial charge in [0.25, 0.3) is 0 Å². The van der Waals surface area contributed by atoms with Gasteiger partial charge in [0.15, 0.2) is 6.61 Å². The third-order valence-corrected chi connectivity index (χ3v) is 3.37. The Bertz CT molecular complexity index is 456. The summed E-state index contributed by atoms with van der Waals surface area (Å²) in [6.07, 6.45) is -0.162. The van der Waals surface area contributed by atoms with E-state index in [1.807, 2.05) is 6.92 Å². The molecule has 0 spiro atoms. The van der Waals surface area contributed by atoms with Crippen LogP contribution in [-0.4, -0.2) is 63.5 Å². The highest BCUT2D eigenvalue weighted by Crippen LogP contribution is 2.16. The number of morpholine rings is 1. The molecule has 6 heteroatoms. The zero-order valence-corrected chi connectivity index (χ0v) is 13.1. The van der Waals surface area contributed by atoms with Crippen LogP contribution in [0.3, 0.4) is 0 Å². The van der Waals surface area contributed by atoms with Crippen molar-refractivity contribution in [2.24, 2.45) is 0 Å². The van der Waals surface area contributed by atoms with Crippen LogP contribution in [0.25, 0.3) is 0 Å². The van der Waals surface area contributed by atoms with Crippen molar-refractivity contribution in [2.45, 2.75) is 13.0 Å². The van der Waals surface area contributed by atoms with Gasteiger partial charge in [-0.2, -0.15) is 0 Å². The van der Waals surface area contributed by atoms with Crippen LogP contribution < -0.4 is 9.47 Å². The SMILES string of the molecule is COc1ccc(OCC(=O)O[C@H](C)CN2CCOCC2)cc1. The summed E-state index contributed by atoms with van der Waals surface area (Å²) in [6.45, 7) is 5.75. The number of ether oxygens (including phenoxy) is 4. The third kappa shape index (κ3) is 5.54. The Morgan fingerprint density at radius 2 is 1.86 bits per heavy atom. The molecule has 0 aliphatic carbocycles. The molecule has 0 unspecified atom stereocenters. The van der Waals surface area contributed by atoms with Crippen molar-refractivity contribution in [3.05, 3.63) is 24.3 Å². The number of carbonyl (C=O) groups excluding carboxylic acids is 1. The lowest BCUT2D eigenvalue weighted by Crippen LogP contribution is -2.41. The van der Waals surface area contributed by atoms with Gasteiger partial charge in [-0.05, 0) is 31.2 Å². The second kappa shape index (κ2) is 8.60. The lowest BCUT2D eigenvalue weighted by molar-refractivity contribution is -0.151. The van der Waals surface area contributed by atoms with E-state index in [0.29, 0.717) is 5.75 Å². The van der Waals surface area contributed by atoms with Gasteiger partial charge < -0.3 is 18.9 Å². The second-order valence-corrected chi connectivity index (χ2v) is 5.18. The number of carbonyl (C=O) groups is 1. The Hall–Kier alpha value is -1.79. The van der Waals surface area contributed by atoms with Gasteiger partial charge in [-0.15, -0.1) is 0 Å². The fraction of sp³-hybridized carbons (Fsp3) is 0.562. The van der Waals surface area contributed by atoms with E-state index in [-0.39, 0.29) is 18.7 Å². The maximum atomic E-state index is 11.8. The molecule has 1 heterocycles. The van der Waals surface area contributed by atoms with Gasteiger partial charge in [0.1, 0.15) is 17.6 Å². The number of hydrogen-bond donors (Lipinski definition) is 0. The van der Waals surface area contributed by atoms with Crippen LogP contribution in [0.15, 0.2) is 24.3 Å². The summed E-state index contributed by atoms with van der Waals surface area (Å²) in [5.41, 5.74) is 0. The topological polar surface area (TPSA) is 57.2 Å². The highest BCUT2D eigenvalue weighted by molar-refractivity contribution is 5.71. The summed E-state index contributed by atoms with van der Waals surface area (Å²) in [5, 5.41) is 0. The van der Waals surface area contributed by atoms with Crippen molar-refractivity contribution < 1.29 is 23.7 Å². The van der Waals surface area contributed by atoms with Gasteiger partial charge >= 0.3 is 5.97 Å². The lowest BCUT2D eigenvalue weighted by Gasteiger charge is -2.28. The monoisotopic (exact) mass is 309 g/mol. The predicted molar refractivity (Wildman–Crippen MR) is 81.3 cm³/mol. The second-order valence-electron chi connectivity index (χ2n) is 5.18. The Labute approximate surface area is 130 Å². The average molecular weight is 309 g/mol. The molecule has 1 aliphatic rings. The van der Waals surface area contributed by atoms with E-state index < -0.39 is 0 Å². The molecule has 1 fully saturated rings. The summed E-state index contributed by atoms with van der Waals surface area (Å²) in [4.78, 5) is 14.0. The zero-order chi connectivity index (χ0) is 15.8. The van der Waals surface area contributed by atoms with Crippen LogP contribution >= 0.6 is 0 Å². The Morgan fingerprint density at radius 3 is 2.50 bits per heavy atom. The standard InChI is InChI=1S/C16H23NO5/c1-13(11-17-7-9-20-10-8-17)22-16(18)12-21-15-5-3-14(19-2)4-6-15/h3-6,13H,7-12H2,1-2H3/t13-/m1/s1. The number of benzene rings is 1. The predicted octanol–water partition coefficient (Wildman–Crippen LogP) is 1.34. The van der Waals surface area contributed by atoms with E-state index in [1.54, 1.807) is 31.4 Å². The molecule has 1 aromatic rings. The molecule has 22 heavy (non-hydrogen) atoms. The van der Waals surface area contributed by atoms with Crippen molar-refractivity contribution in [2.75, 3.05) is 46.6 Å². The smallest absolute Gasteiger partial charge is 0.344 e. The Balaban J connectivity index is 1.67. The van der Waals surface area contributed by atoms with E-state index in [0.717, 1.165) is 38.6 Å². The summed E-state index contributed by atoms with van der Waals surface area (Å²) < 4.78 is 21.1. The van der Waals surface area contributed by atoms with Crippen LogP contribution in [0.5, 0.6) is 11.5 Å². The number of methoxy groups -OCH3 is 1. The van der Waals surface area contributed by atoms with Gasteiger partial charge in [-0.1, -0.05) is 0 Å². The summed E-state index contributed by atoms with van der Waals surface area (Å²) in [5.74, 6) is 0.990. The Morgan fingerprint density at radius 1 is 1.23 bits per heavy atom. The van der Waals surface area contributed by atoms with Crippen LogP contribution in [0.1, 0.15) is 6.92 Å². The van der Waals surface area contributed by atoms with E-state index >= 15 is 0 Å². The minimum Gasteiger partial charge on any atom is -0.497 e. The first-order chi connectivity index (χ1) is 10.7. The molecule has 6 nitrogen and oxygen atoms in total. The largest absolute Gasteiger partial charge is 0.497 e. The van der Waals surface area contributed by atoms with Crippen molar-refractivity contribution >= 4 is 5.97 Å². The maximum absolute atomic E-state index is 11.8. The molecule has 0 aromatic heterocycles. The van der Waals surface area contributed by atoms with Crippen molar-refractivity contribution in [1.29, 1.82) is 0 Å². The molecule has 0 N–H and O–H groups in total. The van der Waals surface area contributed by atoms with Crippen LogP contribution in [0.4, 0.5) is 0 Å². The first-order valence-corrected chi connectivity index (χ1v) is 7.44. The molecule has 122 valence electrons. The van der Waals surface area contributed by atoms with Crippen molar-refractivity contribution in [3.63, 3.8) is 0 Å². The first-order valence-electron chi connectivity index (χ1n) is 7.44. The minimum absolute atomic E-state index is 0.0974. The van der Waals surface area contributed by atoms with E-state index in [2.05, 4.69) is 4.90 Å². The van der Waals surface area contributed by atoms with Gasteiger partial charge in [0.05, 0.1) is 20.3 Å².